The minimum Gasteiger partial charge on any atom is -0.386 e. The summed E-state index contributed by atoms with van der Waals surface area (Å²) in [5.74, 6) is 0. The van der Waals surface area contributed by atoms with Gasteiger partial charge >= 0.3 is 0 Å². The van der Waals surface area contributed by atoms with Gasteiger partial charge in [0, 0.05) is 19.8 Å². The highest BCUT2D eigenvalue weighted by Gasteiger charge is 2.22. The predicted octanol–water partition coefficient (Wildman–Crippen LogP) is 2.96. The summed E-state index contributed by atoms with van der Waals surface area (Å²) in [4.78, 5) is 3.55. The highest BCUT2D eigenvalue weighted by molar-refractivity contribution is 5.73. The van der Waals surface area contributed by atoms with Crippen LogP contribution < -0.4 is 4.90 Å². The van der Waals surface area contributed by atoms with E-state index in [1.165, 1.54) is 4.80 Å². The molecule has 1 N–H and O–H groups in total. The fourth-order valence-electron chi connectivity index (χ4n) is 2.53. The Labute approximate surface area is 135 Å². The fraction of sp³-hybridized carbons (Fsp3) is 0.222. The van der Waals surface area contributed by atoms with Gasteiger partial charge in [-0.05, 0) is 29.8 Å². The molecule has 0 bridgehead atoms. The summed E-state index contributed by atoms with van der Waals surface area (Å²) in [5, 5.41) is 19.6. The molecule has 2 aromatic carbocycles. The van der Waals surface area contributed by atoms with Gasteiger partial charge in [-0.25, -0.2) is 0 Å². The van der Waals surface area contributed by atoms with Crippen molar-refractivity contribution in [2.45, 2.75) is 12.1 Å². The van der Waals surface area contributed by atoms with Crippen molar-refractivity contribution in [2.75, 3.05) is 19.0 Å². The molecule has 0 aliphatic rings. The van der Waals surface area contributed by atoms with Gasteiger partial charge < -0.3 is 10.0 Å². The third kappa shape index (κ3) is 2.96. The maximum absolute atomic E-state index is 10.7. The Bertz CT molecular complexity index is 774. The number of fused-ring (bicyclic) bond motifs is 1. The molecule has 2 atom stereocenters. The smallest absolute Gasteiger partial charge is 0.119 e. The Balaban J connectivity index is 1.91. The standard InChI is InChI=1S/C18H20N4O/c1-4-17(22-19-15-7-5-6-8-16(15)20-22)18(23)13-9-11-14(12-10-13)21(2)3/h4-12,17-18,23H,1H2,2-3H3. The summed E-state index contributed by atoms with van der Waals surface area (Å²) in [6, 6.07) is 15.0. The molecule has 5 heteroatoms. The molecule has 3 rings (SSSR count). The lowest BCUT2D eigenvalue weighted by molar-refractivity contribution is 0.122. The second-order valence-corrected chi connectivity index (χ2v) is 5.67. The molecule has 0 saturated heterocycles. The first-order chi connectivity index (χ1) is 11.1. The molecule has 5 nitrogen and oxygen atoms in total. The zero-order chi connectivity index (χ0) is 16.4. The van der Waals surface area contributed by atoms with Gasteiger partial charge in [0.05, 0.1) is 0 Å². The molecule has 1 aromatic heterocycles. The lowest BCUT2D eigenvalue weighted by Crippen LogP contribution is -2.18. The van der Waals surface area contributed by atoms with Gasteiger partial charge in [-0.3, -0.25) is 0 Å². The number of benzene rings is 2. The van der Waals surface area contributed by atoms with Gasteiger partial charge in [-0.1, -0.05) is 30.3 Å². The molecule has 0 radical (unpaired) electrons. The molecule has 118 valence electrons. The zero-order valence-electron chi connectivity index (χ0n) is 13.3. The number of hydrogen-bond acceptors (Lipinski definition) is 4. The van der Waals surface area contributed by atoms with Crippen molar-refractivity contribution in [3.8, 4) is 0 Å². The van der Waals surface area contributed by atoms with Crippen LogP contribution >= 0.6 is 0 Å². The van der Waals surface area contributed by atoms with Crippen LogP contribution in [0.25, 0.3) is 11.0 Å². The Morgan fingerprint density at radius 1 is 1.04 bits per heavy atom. The molecule has 0 spiro atoms. The van der Waals surface area contributed by atoms with Gasteiger partial charge in [-0.15, -0.1) is 6.58 Å². The highest BCUT2D eigenvalue weighted by Crippen LogP contribution is 2.28. The van der Waals surface area contributed by atoms with Crippen molar-refractivity contribution in [3.63, 3.8) is 0 Å². The predicted molar refractivity (Wildman–Crippen MR) is 92.5 cm³/mol. The van der Waals surface area contributed by atoms with E-state index in [2.05, 4.69) is 16.8 Å². The quantitative estimate of drug-likeness (QED) is 0.736. The molecule has 0 fully saturated rings. The lowest BCUT2D eigenvalue weighted by Gasteiger charge is -2.20. The summed E-state index contributed by atoms with van der Waals surface area (Å²) < 4.78 is 0. The van der Waals surface area contributed by atoms with Gasteiger partial charge in [0.25, 0.3) is 0 Å². The van der Waals surface area contributed by atoms with E-state index in [-0.39, 0.29) is 0 Å². The summed E-state index contributed by atoms with van der Waals surface area (Å²) >= 11 is 0. The van der Waals surface area contributed by atoms with Crippen molar-refractivity contribution in [3.05, 3.63) is 66.7 Å². The second-order valence-electron chi connectivity index (χ2n) is 5.67. The van der Waals surface area contributed by atoms with E-state index in [1.54, 1.807) is 6.08 Å². The molecule has 0 saturated carbocycles. The van der Waals surface area contributed by atoms with Crippen LogP contribution in [0.5, 0.6) is 0 Å². The maximum Gasteiger partial charge on any atom is 0.119 e. The number of nitrogens with zero attached hydrogens (tertiary/aromatic N) is 4. The van der Waals surface area contributed by atoms with Gasteiger partial charge in [0.1, 0.15) is 23.2 Å². The Hall–Kier alpha value is -2.66. The van der Waals surface area contributed by atoms with Crippen LogP contribution in [0.15, 0.2) is 61.2 Å². The van der Waals surface area contributed by atoms with Crippen molar-refractivity contribution in [2.24, 2.45) is 0 Å². The van der Waals surface area contributed by atoms with Crippen LogP contribution in [-0.2, 0) is 0 Å². The number of anilines is 1. The largest absolute Gasteiger partial charge is 0.386 e. The van der Waals surface area contributed by atoms with Gasteiger partial charge in [0.15, 0.2) is 0 Å². The van der Waals surface area contributed by atoms with E-state index in [9.17, 15) is 5.11 Å². The topological polar surface area (TPSA) is 54.2 Å². The highest BCUT2D eigenvalue weighted by atomic mass is 16.3. The Kier molecular flexibility index (Phi) is 4.12. The monoisotopic (exact) mass is 308 g/mol. The molecular formula is C18H20N4O. The molecule has 0 aliphatic carbocycles. The molecule has 2 unspecified atom stereocenters. The van der Waals surface area contributed by atoms with Crippen molar-refractivity contribution in [1.82, 2.24) is 15.0 Å². The van der Waals surface area contributed by atoms with Crippen molar-refractivity contribution >= 4 is 16.7 Å². The molecule has 3 aromatic rings. The van der Waals surface area contributed by atoms with Crippen LogP contribution in [0.1, 0.15) is 17.7 Å². The lowest BCUT2D eigenvalue weighted by atomic mass is 10.0. The van der Waals surface area contributed by atoms with Crippen LogP contribution in [0, 0.1) is 0 Å². The van der Waals surface area contributed by atoms with E-state index in [0.29, 0.717) is 0 Å². The van der Waals surface area contributed by atoms with E-state index in [1.807, 2.05) is 67.5 Å². The zero-order valence-corrected chi connectivity index (χ0v) is 13.3. The van der Waals surface area contributed by atoms with E-state index >= 15 is 0 Å². The van der Waals surface area contributed by atoms with E-state index in [0.717, 1.165) is 22.3 Å². The Morgan fingerprint density at radius 2 is 1.61 bits per heavy atom. The number of aromatic nitrogens is 3. The molecule has 1 heterocycles. The van der Waals surface area contributed by atoms with Gasteiger partial charge in [-0.2, -0.15) is 15.0 Å². The second kappa shape index (κ2) is 6.22. The van der Waals surface area contributed by atoms with E-state index < -0.39 is 12.1 Å². The summed E-state index contributed by atoms with van der Waals surface area (Å²) in [7, 11) is 3.97. The minimum absolute atomic E-state index is 0.424. The normalized spacial score (nSPS) is 13.7. The molecule has 0 amide bonds. The van der Waals surface area contributed by atoms with Crippen molar-refractivity contribution < 1.29 is 5.11 Å². The van der Waals surface area contributed by atoms with Crippen molar-refractivity contribution in [1.29, 1.82) is 0 Å². The molecule has 23 heavy (non-hydrogen) atoms. The summed E-state index contributed by atoms with van der Waals surface area (Å²) in [5.41, 5.74) is 3.49. The average Bonchev–Trinajstić information content (AvgIpc) is 2.99. The minimum atomic E-state index is -0.759. The number of aliphatic hydroxyl groups excluding tert-OH is 1. The molecule has 0 aliphatic heterocycles. The average molecular weight is 308 g/mol. The number of aliphatic hydroxyl groups is 1. The third-order valence-electron chi connectivity index (χ3n) is 3.88. The van der Waals surface area contributed by atoms with Crippen LogP contribution in [0.3, 0.4) is 0 Å². The number of rotatable bonds is 5. The van der Waals surface area contributed by atoms with Crippen LogP contribution in [0.4, 0.5) is 5.69 Å². The summed E-state index contributed by atoms with van der Waals surface area (Å²) in [6.07, 6.45) is 0.911. The first-order valence-electron chi connectivity index (χ1n) is 7.49. The van der Waals surface area contributed by atoms with Crippen LogP contribution in [0.2, 0.25) is 0 Å². The van der Waals surface area contributed by atoms with E-state index in [4.69, 9.17) is 0 Å². The maximum atomic E-state index is 10.7. The fourth-order valence-corrected chi connectivity index (χ4v) is 2.53. The van der Waals surface area contributed by atoms with Gasteiger partial charge in [0.2, 0.25) is 0 Å². The summed E-state index contributed by atoms with van der Waals surface area (Å²) in [6.45, 7) is 3.83. The Morgan fingerprint density at radius 3 is 2.09 bits per heavy atom. The third-order valence-corrected chi connectivity index (χ3v) is 3.88. The number of hydrogen-bond donors (Lipinski definition) is 1. The first kappa shape index (κ1) is 15.2. The SMILES string of the molecule is C=CC(C(O)c1ccc(N(C)C)cc1)n1nc2ccccc2n1. The van der Waals surface area contributed by atoms with Crippen LogP contribution in [-0.4, -0.2) is 34.2 Å². The molecular weight excluding hydrogens is 288 g/mol. The first-order valence-corrected chi connectivity index (χ1v) is 7.49.